The fourth-order valence-corrected chi connectivity index (χ4v) is 2.00. The lowest BCUT2D eigenvalue weighted by molar-refractivity contribution is 0.164. The van der Waals surface area contributed by atoms with Gasteiger partial charge in [0.15, 0.2) is 11.5 Å². The maximum absolute atomic E-state index is 9.82. The van der Waals surface area contributed by atoms with E-state index in [4.69, 9.17) is 9.47 Å². The van der Waals surface area contributed by atoms with Crippen molar-refractivity contribution >= 4 is 6.08 Å². The van der Waals surface area contributed by atoms with Gasteiger partial charge in [-0.05, 0) is 29.7 Å². The summed E-state index contributed by atoms with van der Waals surface area (Å²) >= 11 is 0. The molecule has 0 aromatic heterocycles. The molecule has 1 N–H and O–H groups in total. The third kappa shape index (κ3) is 1.39. The van der Waals surface area contributed by atoms with Crippen molar-refractivity contribution in [1.82, 2.24) is 0 Å². The van der Waals surface area contributed by atoms with Gasteiger partial charge in [-0.1, -0.05) is 12.2 Å². The summed E-state index contributed by atoms with van der Waals surface area (Å²) < 4.78 is 11.0. The molecule has 1 heterocycles. The Morgan fingerprint density at radius 2 is 1.87 bits per heavy atom. The van der Waals surface area contributed by atoms with Crippen molar-refractivity contribution in [3.63, 3.8) is 0 Å². The van der Waals surface area contributed by atoms with Crippen LogP contribution >= 0.6 is 0 Å². The summed E-state index contributed by atoms with van der Waals surface area (Å²) in [5.41, 5.74) is 1.96. The lowest BCUT2D eigenvalue weighted by Crippen LogP contribution is -2.16. The van der Waals surface area contributed by atoms with E-state index in [0.717, 1.165) is 22.6 Å². The maximum atomic E-state index is 9.82. The minimum atomic E-state index is -0.416. The second-order valence-corrected chi connectivity index (χ2v) is 3.78. The van der Waals surface area contributed by atoms with E-state index in [2.05, 4.69) is 0 Å². The summed E-state index contributed by atoms with van der Waals surface area (Å²) in [5.74, 6) is 1.52. The molecule has 0 spiro atoms. The molecule has 0 saturated heterocycles. The zero-order chi connectivity index (χ0) is 10.3. The molecule has 0 bridgehead atoms. The highest BCUT2D eigenvalue weighted by molar-refractivity contribution is 5.63. The van der Waals surface area contributed by atoms with Gasteiger partial charge in [-0.3, -0.25) is 0 Å². The molecule has 15 heavy (non-hydrogen) atoms. The van der Waals surface area contributed by atoms with Gasteiger partial charge in [-0.25, -0.2) is 0 Å². The number of rotatable bonds is 0. The molecule has 1 aliphatic carbocycles. The van der Waals surface area contributed by atoms with Gasteiger partial charge in [0, 0.05) is 0 Å². The molecule has 1 aromatic carbocycles. The number of aliphatic hydroxyl groups is 1. The first-order valence-electron chi connectivity index (χ1n) is 5.13. The number of hydrogen-bond donors (Lipinski definition) is 1. The van der Waals surface area contributed by atoms with E-state index in [0.29, 0.717) is 19.6 Å². The zero-order valence-electron chi connectivity index (χ0n) is 8.27. The molecule has 78 valence electrons. The Kier molecular flexibility index (Phi) is 1.92. The van der Waals surface area contributed by atoms with Crippen LogP contribution in [0.1, 0.15) is 23.7 Å². The van der Waals surface area contributed by atoms with Crippen LogP contribution in [-0.4, -0.2) is 18.3 Å². The standard InChI is InChI=1S/C12H12O3/c13-10-3-1-2-8-6-11-12(7-9(8)10)15-5-4-14-11/h1-2,6-7,10,13H,3-5H2/t10-/m0/s1. The van der Waals surface area contributed by atoms with Crippen molar-refractivity contribution in [3.8, 4) is 11.5 Å². The molecule has 2 aliphatic rings. The summed E-state index contributed by atoms with van der Waals surface area (Å²) in [6.45, 7) is 1.18. The Morgan fingerprint density at radius 3 is 2.67 bits per heavy atom. The van der Waals surface area contributed by atoms with Crippen LogP contribution in [0, 0.1) is 0 Å². The highest BCUT2D eigenvalue weighted by atomic mass is 16.6. The van der Waals surface area contributed by atoms with Crippen molar-refractivity contribution < 1.29 is 14.6 Å². The smallest absolute Gasteiger partial charge is 0.161 e. The molecule has 0 saturated carbocycles. The quantitative estimate of drug-likeness (QED) is 0.701. The van der Waals surface area contributed by atoms with Crippen LogP contribution in [0.25, 0.3) is 6.08 Å². The summed E-state index contributed by atoms with van der Waals surface area (Å²) in [7, 11) is 0. The third-order valence-corrected chi connectivity index (χ3v) is 2.76. The van der Waals surface area contributed by atoms with Crippen LogP contribution < -0.4 is 9.47 Å². The largest absolute Gasteiger partial charge is 0.486 e. The topological polar surface area (TPSA) is 38.7 Å². The summed E-state index contributed by atoms with van der Waals surface area (Å²) in [6, 6.07) is 3.82. The number of fused-ring (bicyclic) bond motifs is 2. The van der Waals surface area contributed by atoms with E-state index < -0.39 is 6.10 Å². The molecular formula is C12H12O3. The molecule has 3 nitrogen and oxygen atoms in total. The molecule has 1 aromatic rings. The van der Waals surface area contributed by atoms with Crippen LogP contribution in [0.15, 0.2) is 18.2 Å². The van der Waals surface area contributed by atoms with Crippen LogP contribution in [0.4, 0.5) is 0 Å². The van der Waals surface area contributed by atoms with Gasteiger partial charge in [0.25, 0.3) is 0 Å². The Morgan fingerprint density at radius 1 is 1.13 bits per heavy atom. The van der Waals surface area contributed by atoms with Crippen molar-refractivity contribution in [3.05, 3.63) is 29.3 Å². The predicted octanol–water partition coefficient (Wildman–Crippen LogP) is 1.91. The van der Waals surface area contributed by atoms with Gasteiger partial charge in [-0.2, -0.15) is 0 Å². The molecule has 0 amide bonds. The highest BCUT2D eigenvalue weighted by Crippen LogP contribution is 2.38. The van der Waals surface area contributed by atoms with Crippen molar-refractivity contribution in [2.75, 3.05) is 13.2 Å². The van der Waals surface area contributed by atoms with E-state index in [1.807, 2.05) is 24.3 Å². The van der Waals surface area contributed by atoms with Gasteiger partial charge < -0.3 is 14.6 Å². The zero-order valence-corrected chi connectivity index (χ0v) is 8.27. The second-order valence-electron chi connectivity index (χ2n) is 3.78. The van der Waals surface area contributed by atoms with Crippen LogP contribution in [0.2, 0.25) is 0 Å². The first kappa shape index (κ1) is 8.80. The van der Waals surface area contributed by atoms with E-state index in [-0.39, 0.29) is 0 Å². The first-order chi connectivity index (χ1) is 7.34. The van der Waals surface area contributed by atoms with Crippen molar-refractivity contribution in [2.45, 2.75) is 12.5 Å². The minimum absolute atomic E-state index is 0.416. The van der Waals surface area contributed by atoms with E-state index in [1.165, 1.54) is 0 Å². The Labute approximate surface area is 87.9 Å². The number of hydrogen-bond acceptors (Lipinski definition) is 3. The van der Waals surface area contributed by atoms with Gasteiger partial charge in [0.1, 0.15) is 13.2 Å². The maximum Gasteiger partial charge on any atom is 0.161 e. The lowest BCUT2D eigenvalue weighted by Gasteiger charge is -2.23. The van der Waals surface area contributed by atoms with Gasteiger partial charge in [0.05, 0.1) is 6.10 Å². The fourth-order valence-electron chi connectivity index (χ4n) is 2.00. The van der Waals surface area contributed by atoms with Gasteiger partial charge >= 0.3 is 0 Å². The Balaban J connectivity index is 2.13. The SMILES string of the molecule is O[C@H]1CC=Cc2cc3c(cc21)OCCO3. The second kappa shape index (κ2) is 3.28. The molecule has 3 heteroatoms. The summed E-state index contributed by atoms with van der Waals surface area (Å²) in [6.07, 6.45) is 4.25. The van der Waals surface area contributed by atoms with E-state index in [1.54, 1.807) is 0 Å². The van der Waals surface area contributed by atoms with Crippen molar-refractivity contribution in [1.29, 1.82) is 0 Å². The molecule has 3 rings (SSSR count). The Bertz CT molecular complexity index is 423. The normalized spacial score (nSPS) is 22.3. The Hall–Kier alpha value is -1.48. The summed E-state index contributed by atoms with van der Waals surface area (Å²) in [4.78, 5) is 0. The van der Waals surface area contributed by atoms with Crippen LogP contribution in [0.3, 0.4) is 0 Å². The van der Waals surface area contributed by atoms with Crippen LogP contribution in [0.5, 0.6) is 11.5 Å². The van der Waals surface area contributed by atoms with E-state index >= 15 is 0 Å². The van der Waals surface area contributed by atoms with Crippen LogP contribution in [-0.2, 0) is 0 Å². The average molecular weight is 204 g/mol. The number of ether oxygens (including phenoxy) is 2. The van der Waals surface area contributed by atoms with E-state index in [9.17, 15) is 5.11 Å². The average Bonchev–Trinajstić information content (AvgIpc) is 2.27. The number of benzene rings is 1. The molecule has 0 unspecified atom stereocenters. The highest BCUT2D eigenvalue weighted by Gasteiger charge is 2.20. The third-order valence-electron chi connectivity index (χ3n) is 2.76. The molecule has 1 aliphatic heterocycles. The number of aliphatic hydroxyl groups excluding tert-OH is 1. The van der Waals surface area contributed by atoms with Gasteiger partial charge in [0.2, 0.25) is 0 Å². The first-order valence-corrected chi connectivity index (χ1v) is 5.13. The van der Waals surface area contributed by atoms with Crippen molar-refractivity contribution in [2.24, 2.45) is 0 Å². The molecule has 0 radical (unpaired) electrons. The monoisotopic (exact) mass is 204 g/mol. The summed E-state index contributed by atoms with van der Waals surface area (Å²) in [5, 5.41) is 9.82. The predicted molar refractivity (Wildman–Crippen MR) is 56.0 cm³/mol. The molecular weight excluding hydrogens is 192 g/mol. The molecule has 1 atom stereocenters. The lowest BCUT2D eigenvalue weighted by atomic mass is 9.94. The minimum Gasteiger partial charge on any atom is -0.486 e. The van der Waals surface area contributed by atoms with Gasteiger partial charge in [-0.15, -0.1) is 0 Å². The fraction of sp³-hybridized carbons (Fsp3) is 0.333. The molecule has 0 fully saturated rings.